The monoisotopic (exact) mass is 458 g/mol. The number of nitrogens with zero attached hydrogens (tertiary/aromatic N) is 1. The van der Waals surface area contributed by atoms with Crippen molar-refractivity contribution in [3.05, 3.63) is 89.5 Å². The number of amides is 2. The van der Waals surface area contributed by atoms with Crippen LogP contribution in [-0.4, -0.2) is 42.8 Å². The van der Waals surface area contributed by atoms with Crippen LogP contribution in [0.4, 0.5) is 10.5 Å². The number of carbonyl (C=O) groups excluding carboxylic acids is 2. The fraction of sp³-hybridized carbons (Fsp3) is 0.222. The minimum Gasteiger partial charge on any atom is -0.478 e. The highest BCUT2D eigenvalue weighted by Gasteiger charge is 2.29. The van der Waals surface area contributed by atoms with Crippen molar-refractivity contribution >= 4 is 23.7 Å². The van der Waals surface area contributed by atoms with Crippen molar-refractivity contribution in [2.45, 2.75) is 25.3 Å². The molecule has 34 heavy (non-hydrogen) atoms. The van der Waals surface area contributed by atoms with E-state index in [1.165, 1.54) is 18.0 Å². The van der Waals surface area contributed by atoms with E-state index in [4.69, 9.17) is 4.74 Å². The van der Waals surface area contributed by atoms with E-state index in [-0.39, 0.29) is 30.4 Å². The summed E-state index contributed by atoms with van der Waals surface area (Å²) in [5.41, 5.74) is 4.88. The Balaban J connectivity index is 1.34. The molecule has 4 rings (SSSR count). The van der Waals surface area contributed by atoms with Crippen molar-refractivity contribution in [1.82, 2.24) is 5.32 Å². The van der Waals surface area contributed by atoms with E-state index < -0.39 is 18.1 Å². The van der Waals surface area contributed by atoms with Gasteiger partial charge in [-0.1, -0.05) is 60.7 Å². The minimum atomic E-state index is -1.11. The molecule has 0 heterocycles. The van der Waals surface area contributed by atoms with Gasteiger partial charge in [-0.05, 0) is 41.3 Å². The van der Waals surface area contributed by atoms with E-state index in [1.807, 2.05) is 36.4 Å². The number of carboxylic acid groups (broad SMARTS) is 1. The lowest BCUT2D eigenvalue weighted by Crippen LogP contribution is -2.39. The predicted octanol–water partition coefficient (Wildman–Crippen LogP) is 4.66. The Bertz CT molecular complexity index is 1190. The lowest BCUT2D eigenvalue weighted by molar-refractivity contribution is -0.118. The smallest absolute Gasteiger partial charge is 0.407 e. The standard InChI is InChI=1S/C27H26N2O5/c1-17(15-25(30)29(2)24-14-8-7-13-22(24)26(31)32)28-27(33)34-16-23-20-11-5-3-9-18(20)19-10-4-6-12-21(19)23/h3-14,17,23H,15-16H2,1-2H3,(H,28,33)(H,31,32)/t17-/m0/s1. The fourth-order valence-corrected chi connectivity index (χ4v) is 4.37. The van der Waals surface area contributed by atoms with E-state index in [2.05, 4.69) is 17.4 Å². The number of nitrogens with one attached hydrogen (secondary N) is 1. The molecule has 0 fully saturated rings. The van der Waals surface area contributed by atoms with Crippen molar-refractivity contribution < 1.29 is 24.2 Å². The van der Waals surface area contributed by atoms with Crippen LogP contribution in [0.1, 0.15) is 40.7 Å². The van der Waals surface area contributed by atoms with Crippen molar-refractivity contribution in [2.75, 3.05) is 18.6 Å². The van der Waals surface area contributed by atoms with E-state index in [0.717, 1.165) is 22.3 Å². The summed E-state index contributed by atoms with van der Waals surface area (Å²) in [5, 5.41) is 12.1. The Morgan fingerprint density at radius 2 is 1.50 bits per heavy atom. The molecule has 174 valence electrons. The average Bonchev–Trinajstić information content (AvgIpc) is 3.15. The zero-order chi connectivity index (χ0) is 24.2. The summed E-state index contributed by atoms with van der Waals surface area (Å²) in [4.78, 5) is 37.9. The molecule has 7 nitrogen and oxygen atoms in total. The Kier molecular flexibility index (Phi) is 6.63. The van der Waals surface area contributed by atoms with Gasteiger partial charge in [-0.2, -0.15) is 0 Å². The van der Waals surface area contributed by atoms with Gasteiger partial charge in [0.05, 0.1) is 11.3 Å². The second-order valence-corrected chi connectivity index (χ2v) is 8.35. The van der Waals surface area contributed by atoms with Gasteiger partial charge in [0.25, 0.3) is 0 Å². The molecule has 2 amide bonds. The van der Waals surface area contributed by atoms with Crippen LogP contribution in [-0.2, 0) is 9.53 Å². The van der Waals surface area contributed by atoms with Crippen LogP contribution in [0.2, 0.25) is 0 Å². The maximum absolute atomic E-state index is 12.7. The van der Waals surface area contributed by atoms with Crippen molar-refractivity contribution in [3.63, 3.8) is 0 Å². The zero-order valence-electron chi connectivity index (χ0n) is 19.0. The summed E-state index contributed by atoms with van der Waals surface area (Å²) >= 11 is 0. The van der Waals surface area contributed by atoms with Gasteiger partial charge in [-0.15, -0.1) is 0 Å². The summed E-state index contributed by atoms with van der Waals surface area (Å²) in [6.45, 7) is 1.89. The number of anilines is 1. The highest BCUT2D eigenvalue weighted by Crippen LogP contribution is 2.44. The van der Waals surface area contributed by atoms with Gasteiger partial charge in [0, 0.05) is 25.4 Å². The number of rotatable bonds is 7. The molecule has 0 bridgehead atoms. The maximum Gasteiger partial charge on any atom is 0.407 e. The van der Waals surface area contributed by atoms with Gasteiger partial charge in [-0.3, -0.25) is 4.79 Å². The van der Waals surface area contributed by atoms with Crippen molar-refractivity contribution in [2.24, 2.45) is 0 Å². The van der Waals surface area contributed by atoms with Gasteiger partial charge in [0.2, 0.25) is 5.91 Å². The topological polar surface area (TPSA) is 95.9 Å². The minimum absolute atomic E-state index is 0.00531. The van der Waals surface area contributed by atoms with E-state index in [0.29, 0.717) is 5.69 Å². The summed E-state index contributed by atoms with van der Waals surface area (Å²) < 4.78 is 5.53. The van der Waals surface area contributed by atoms with Crippen LogP contribution in [0.15, 0.2) is 72.8 Å². The van der Waals surface area contributed by atoms with Crippen LogP contribution in [0.5, 0.6) is 0 Å². The third-order valence-corrected chi connectivity index (χ3v) is 6.06. The third-order valence-electron chi connectivity index (χ3n) is 6.06. The number of hydrogen-bond acceptors (Lipinski definition) is 4. The molecule has 0 radical (unpaired) electrons. The number of hydrogen-bond donors (Lipinski definition) is 2. The number of alkyl carbamates (subject to hydrolysis) is 1. The van der Waals surface area contributed by atoms with Crippen molar-refractivity contribution in [1.29, 1.82) is 0 Å². The number of carbonyl (C=O) groups is 3. The first-order valence-electron chi connectivity index (χ1n) is 11.1. The summed E-state index contributed by atoms with van der Waals surface area (Å²) in [7, 11) is 1.52. The molecule has 0 spiro atoms. The summed E-state index contributed by atoms with van der Waals surface area (Å²) in [5.74, 6) is -1.48. The lowest BCUT2D eigenvalue weighted by Gasteiger charge is -2.22. The molecule has 3 aromatic rings. The molecule has 1 aliphatic rings. The molecule has 0 aromatic heterocycles. The molecular weight excluding hydrogens is 432 g/mol. The number of carboxylic acids is 1. The molecule has 2 N–H and O–H groups in total. The van der Waals surface area contributed by atoms with Gasteiger partial charge < -0.3 is 20.1 Å². The molecule has 1 aliphatic carbocycles. The van der Waals surface area contributed by atoms with E-state index in [1.54, 1.807) is 25.1 Å². The van der Waals surface area contributed by atoms with Crippen LogP contribution >= 0.6 is 0 Å². The van der Waals surface area contributed by atoms with E-state index >= 15 is 0 Å². The molecule has 0 saturated heterocycles. The highest BCUT2D eigenvalue weighted by atomic mass is 16.5. The van der Waals surface area contributed by atoms with Gasteiger partial charge in [0.15, 0.2) is 0 Å². The molecule has 7 heteroatoms. The third kappa shape index (κ3) is 4.64. The summed E-state index contributed by atoms with van der Waals surface area (Å²) in [6.07, 6.45) is -0.606. The van der Waals surface area contributed by atoms with Crippen molar-refractivity contribution in [3.8, 4) is 11.1 Å². The van der Waals surface area contributed by atoms with Gasteiger partial charge in [0.1, 0.15) is 6.61 Å². The van der Waals surface area contributed by atoms with Gasteiger partial charge >= 0.3 is 12.1 Å². The first-order valence-corrected chi connectivity index (χ1v) is 11.1. The van der Waals surface area contributed by atoms with Gasteiger partial charge in [-0.25, -0.2) is 9.59 Å². The second-order valence-electron chi connectivity index (χ2n) is 8.35. The SMILES string of the molecule is C[C@@H](CC(=O)N(C)c1ccccc1C(=O)O)NC(=O)OCC1c2ccccc2-c2ccccc21. The largest absolute Gasteiger partial charge is 0.478 e. The Hall–Kier alpha value is -4.13. The Labute approximate surface area is 198 Å². The molecule has 3 aromatic carbocycles. The maximum atomic E-state index is 12.7. The number of para-hydroxylation sites is 1. The van der Waals surface area contributed by atoms with Crippen LogP contribution in [0.3, 0.4) is 0 Å². The first-order chi connectivity index (χ1) is 16.4. The Morgan fingerprint density at radius 1 is 0.941 bits per heavy atom. The van der Waals surface area contributed by atoms with Crippen LogP contribution < -0.4 is 10.2 Å². The molecular formula is C27H26N2O5. The molecule has 0 aliphatic heterocycles. The molecule has 0 saturated carbocycles. The average molecular weight is 459 g/mol. The van der Waals surface area contributed by atoms with E-state index in [9.17, 15) is 19.5 Å². The highest BCUT2D eigenvalue weighted by molar-refractivity contribution is 6.01. The quantitative estimate of drug-likeness (QED) is 0.537. The fourth-order valence-electron chi connectivity index (χ4n) is 4.37. The number of ether oxygens (including phenoxy) is 1. The zero-order valence-corrected chi connectivity index (χ0v) is 19.0. The van der Waals surface area contributed by atoms with Crippen LogP contribution in [0, 0.1) is 0 Å². The second kappa shape index (κ2) is 9.79. The summed E-state index contributed by atoms with van der Waals surface area (Å²) in [6, 6.07) is 22.0. The Morgan fingerprint density at radius 3 is 2.12 bits per heavy atom. The number of aromatic carboxylic acids is 1. The molecule has 0 unspecified atom stereocenters. The number of fused-ring (bicyclic) bond motifs is 3. The van der Waals surface area contributed by atoms with Crippen LogP contribution in [0.25, 0.3) is 11.1 Å². The number of benzene rings is 3. The molecule has 1 atom stereocenters. The normalized spacial score (nSPS) is 12.9. The predicted molar refractivity (Wildman–Crippen MR) is 129 cm³/mol. The first kappa shape index (κ1) is 23.0. The lowest BCUT2D eigenvalue weighted by atomic mass is 9.98.